The summed E-state index contributed by atoms with van der Waals surface area (Å²) < 4.78 is 0. The third kappa shape index (κ3) is 2.85. The Kier molecular flexibility index (Phi) is 4.45. The second kappa shape index (κ2) is 6.09. The van der Waals surface area contributed by atoms with Gasteiger partial charge >= 0.3 is 0 Å². The van der Waals surface area contributed by atoms with Crippen molar-refractivity contribution in [2.75, 3.05) is 37.8 Å². The largest absolute Gasteiger partial charge is 0.397 e. The summed E-state index contributed by atoms with van der Waals surface area (Å²) in [6, 6.07) is 8.50. The van der Waals surface area contributed by atoms with E-state index in [0.717, 1.165) is 29.7 Å². The molecule has 0 saturated heterocycles. The van der Waals surface area contributed by atoms with E-state index < -0.39 is 0 Å². The maximum atomic E-state index is 6.03. The number of rotatable bonds is 5. The zero-order chi connectivity index (χ0) is 14.7. The third-order valence-corrected chi connectivity index (χ3v) is 3.59. The van der Waals surface area contributed by atoms with Crippen LogP contribution in [0.1, 0.15) is 13.8 Å². The van der Waals surface area contributed by atoms with Crippen molar-refractivity contribution in [1.29, 1.82) is 0 Å². The third-order valence-electron chi connectivity index (χ3n) is 3.59. The van der Waals surface area contributed by atoms with Gasteiger partial charge in [-0.1, -0.05) is 12.1 Å². The molecule has 0 bridgehead atoms. The lowest BCUT2D eigenvalue weighted by Gasteiger charge is -2.32. The Hall–Kier alpha value is -1.81. The molecule has 0 aliphatic carbocycles. The van der Waals surface area contributed by atoms with Gasteiger partial charge in [-0.3, -0.25) is 4.98 Å². The van der Waals surface area contributed by atoms with E-state index in [4.69, 9.17) is 5.73 Å². The van der Waals surface area contributed by atoms with Crippen LogP contribution in [0.25, 0.3) is 10.9 Å². The first kappa shape index (κ1) is 14.6. The summed E-state index contributed by atoms with van der Waals surface area (Å²) in [5.41, 5.74) is 8.87. The van der Waals surface area contributed by atoms with E-state index in [0.29, 0.717) is 6.04 Å². The molecule has 1 aromatic carbocycles. The maximum Gasteiger partial charge on any atom is 0.0951 e. The minimum atomic E-state index is 0.432. The number of likely N-dealkylation sites (N-methyl/N-ethyl adjacent to an activating group) is 2. The number of nitrogens with zero attached hydrogens (tertiary/aromatic N) is 3. The molecule has 1 heterocycles. The SMILES string of the molecule is CCN(c1ccnc2c(N)cccc12)C(C)CN(C)C. The highest BCUT2D eigenvalue weighted by Crippen LogP contribution is 2.29. The second-order valence-corrected chi connectivity index (χ2v) is 5.47. The van der Waals surface area contributed by atoms with Crippen LogP contribution in [0.3, 0.4) is 0 Å². The van der Waals surface area contributed by atoms with E-state index in [1.54, 1.807) is 0 Å². The van der Waals surface area contributed by atoms with Crippen LogP contribution in [0.5, 0.6) is 0 Å². The Morgan fingerprint density at radius 2 is 2.00 bits per heavy atom. The van der Waals surface area contributed by atoms with Crippen LogP contribution in [-0.2, 0) is 0 Å². The van der Waals surface area contributed by atoms with E-state index in [1.165, 1.54) is 5.69 Å². The zero-order valence-corrected chi connectivity index (χ0v) is 12.8. The molecule has 0 radical (unpaired) electrons. The van der Waals surface area contributed by atoms with Crippen molar-refractivity contribution < 1.29 is 0 Å². The maximum absolute atomic E-state index is 6.03. The zero-order valence-electron chi connectivity index (χ0n) is 12.8. The summed E-state index contributed by atoms with van der Waals surface area (Å²) in [5, 5.41) is 1.12. The Labute approximate surface area is 121 Å². The number of aromatic nitrogens is 1. The molecule has 1 atom stereocenters. The van der Waals surface area contributed by atoms with E-state index in [2.05, 4.69) is 54.9 Å². The molecule has 0 aliphatic rings. The van der Waals surface area contributed by atoms with Gasteiger partial charge in [-0.25, -0.2) is 0 Å². The Balaban J connectivity index is 2.47. The molecule has 0 saturated carbocycles. The molecule has 2 N–H and O–H groups in total. The summed E-state index contributed by atoms with van der Waals surface area (Å²) in [7, 11) is 4.21. The number of hydrogen-bond acceptors (Lipinski definition) is 4. The van der Waals surface area contributed by atoms with Crippen molar-refractivity contribution in [3.05, 3.63) is 30.5 Å². The standard InChI is InChI=1S/C16H24N4/c1-5-20(12(2)11-19(3)4)15-9-10-18-16-13(15)7-6-8-14(16)17/h6-10,12H,5,11,17H2,1-4H3. The molecule has 20 heavy (non-hydrogen) atoms. The highest BCUT2D eigenvalue weighted by Gasteiger charge is 2.16. The quantitative estimate of drug-likeness (QED) is 0.850. The van der Waals surface area contributed by atoms with Crippen LogP contribution < -0.4 is 10.6 Å². The van der Waals surface area contributed by atoms with E-state index in [9.17, 15) is 0 Å². The lowest BCUT2D eigenvalue weighted by atomic mass is 10.1. The van der Waals surface area contributed by atoms with Crippen LogP contribution in [-0.4, -0.2) is 43.1 Å². The van der Waals surface area contributed by atoms with Crippen LogP contribution in [0.2, 0.25) is 0 Å². The number of hydrogen-bond donors (Lipinski definition) is 1. The summed E-state index contributed by atoms with van der Waals surface area (Å²) in [6.07, 6.45) is 1.85. The Morgan fingerprint density at radius 3 is 2.65 bits per heavy atom. The molecule has 2 rings (SSSR count). The fourth-order valence-electron chi connectivity index (χ4n) is 2.78. The van der Waals surface area contributed by atoms with Crippen molar-refractivity contribution in [1.82, 2.24) is 9.88 Å². The number of anilines is 2. The summed E-state index contributed by atoms with van der Waals surface area (Å²) in [6.45, 7) is 6.41. The molecule has 4 nitrogen and oxygen atoms in total. The van der Waals surface area contributed by atoms with Crippen LogP contribution >= 0.6 is 0 Å². The van der Waals surface area contributed by atoms with Gasteiger partial charge in [0.25, 0.3) is 0 Å². The van der Waals surface area contributed by atoms with Gasteiger partial charge in [-0.15, -0.1) is 0 Å². The van der Waals surface area contributed by atoms with Gasteiger partial charge in [0.1, 0.15) is 0 Å². The van der Waals surface area contributed by atoms with Crippen molar-refractivity contribution in [3.63, 3.8) is 0 Å². The first-order chi connectivity index (χ1) is 9.54. The van der Waals surface area contributed by atoms with Gasteiger partial charge in [0.05, 0.1) is 11.2 Å². The minimum absolute atomic E-state index is 0.432. The first-order valence-corrected chi connectivity index (χ1v) is 7.09. The Bertz CT molecular complexity index is 580. The molecular weight excluding hydrogens is 248 g/mol. The van der Waals surface area contributed by atoms with Gasteiger partial charge in [0, 0.05) is 36.4 Å². The fourth-order valence-corrected chi connectivity index (χ4v) is 2.78. The molecule has 1 unspecified atom stereocenters. The van der Waals surface area contributed by atoms with Gasteiger partial charge in [0.2, 0.25) is 0 Å². The molecular formula is C16H24N4. The molecule has 2 aromatic rings. The van der Waals surface area contributed by atoms with Gasteiger partial charge in [-0.05, 0) is 40.1 Å². The monoisotopic (exact) mass is 272 g/mol. The lowest BCUT2D eigenvalue weighted by Crippen LogP contribution is -2.40. The average molecular weight is 272 g/mol. The molecule has 0 amide bonds. The highest BCUT2D eigenvalue weighted by molar-refractivity contribution is 5.98. The molecule has 1 aromatic heterocycles. The number of para-hydroxylation sites is 1. The van der Waals surface area contributed by atoms with Crippen molar-refractivity contribution in [3.8, 4) is 0 Å². The molecule has 108 valence electrons. The van der Waals surface area contributed by atoms with Crippen molar-refractivity contribution in [2.45, 2.75) is 19.9 Å². The average Bonchev–Trinajstić information content (AvgIpc) is 2.40. The predicted molar refractivity (Wildman–Crippen MR) is 87.2 cm³/mol. The number of nitrogens with two attached hydrogens (primary N) is 1. The van der Waals surface area contributed by atoms with E-state index in [1.807, 2.05) is 18.3 Å². The summed E-state index contributed by atoms with van der Waals surface area (Å²) >= 11 is 0. The minimum Gasteiger partial charge on any atom is -0.397 e. The Morgan fingerprint density at radius 1 is 1.25 bits per heavy atom. The molecule has 0 aliphatic heterocycles. The summed E-state index contributed by atoms with van der Waals surface area (Å²) in [4.78, 5) is 9.04. The highest BCUT2D eigenvalue weighted by atomic mass is 15.2. The van der Waals surface area contributed by atoms with Crippen LogP contribution in [0.15, 0.2) is 30.5 Å². The van der Waals surface area contributed by atoms with E-state index in [-0.39, 0.29) is 0 Å². The first-order valence-electron chi connectivity index (χ1n) is 7.09. The number of pyridine rings is 1. The lowest BCUT2D eigenvalue weighted by molar-refractivity contribution is 0.373. The van der Waals surface area contributed by atoms with Gasteiger partial charge in [-0.2, -0.15) is 0 Å². The van der Waals surface area contributed by atoms with Crippen LogP contribution in [0, 0.1) is 0 Å². The number of benzene rings is 1. The molecule has 4 heteroatoms. The summed E-state index contributed by atoms with van der Waals surface area (Å²) in [5.74, 6) is 0. The normalized spacial score (nSPS) is 12.8. The molecule has 0 spiro atoms. The molecule has 0 fully saturated rings. The van der Waals surface area contributed by atoms with Gasteiger partial charge < -0.3 is 15.5 Å². The van der Waals surface area contributed by atoms with Crippen molar-refractivity contribution in [2.24, 2.45) is 0 Å². The second-order valence-electron chi connectivity index (χ2n) is 5.47. The van der Waals surface area contributed by atoms with Crippen molar-refractivity contribution >= 4 is 22.3 Å². The number of nitrogen functional groups attached to an aromatic ring is 1. The van der Waals surface area contributed by atoms with Gasteiger partial charge in [0.15, 0.2) is 0 Å². The predicted octanol–water partition coefficient (Wildman–Crippen LogP) is 2.59. The number of fused-ring (bicyclic) bond motifs is 1. The van der Waals surface area contributed by atoms with Crippen LogP contribution in [0.4, 0.5) is 11.4 Å². The smallest absolute Gasteiger partial charge is 0.0951 e. The fraction of sp³-hybridized carbons (Fsp3) is 0.438. The van der Waals surface area contributed by atoms with E-state index >= 15 is 0 Å². The topological polar surface area (TPSA) is 45.4 Å².